The molecule has 0 radical (unpaired) electrons. The first-order chi connectivity index (χ1) is 10.6. The van der Waals surface area contributed by atoms with Crippen molar-refractivity contribution in [3.8, 4) is 0 Å². The molecule has 1 aromatic rings. The molecule has 122 valence electrons. The number of carbonyl (C=O) groups is 2. The zero-order valence-electron chi connectivity index (χ0n) is 13.0. The lowest BCUT2D eigenvalue weighted by atomic mass is 10.1. The van der Waals surface area contributed by atoms with Gasteiger partial charge in [-0.3, -0.25) is 9.59 Å². The summed E-state index contributed by atoms with van der Waals surface area (Å²) in [5, 5.41) is 13.9. The van der Waals surface area contributed by atoms with Gasteiger partial charge in [-0.1, -0.05) is 6.92 Å². The van der Waals surface area contributed by atoms with Gasteiger partial charge >= 0.3 is 0 Å². The fraction of sp³-hybridized carbons (Fsp3) is 0.625. The largest absolute Gasteiger partial charge is 0.396 e. The summed E-state index contributed by atoms with van der Waals surface area (Å²) in [4.78, 5) is 27.3. The van der Waals surface area contributed by atoms with E-state index in [1.165, 1.54) is 10.4 Å². The zero-order chi connectivity index (χ0) is 15.9. The van der Waals surface area contributed by atoms with Gasteiger partial charge in [0, 0.05) is 43.5 Å². The molecule has 0 bridgehead atoms. The third kappa shape index (κ3) is 4.55. The van der Waals surface area contributed by atoms with Gasteiger partial charge in [0.1, 0.15) is 0 Å². The van der Waals surface area contributed by atoms with Gasteiger partial charge in [-0.25, -0.2) is 0 Å². The van der Waals surface area contributed by atoms with Crippen molar-refractivity contribution < 1.29 is 14.7 Å². The molecule has 0 fully saturated rings. The molecule has 2 heterocycles. The van der Waals surface area contributed by atoms with Crippen LogP contribution in [0.4, 0.5) is 0 Å². The highest BCUT2D eigenvalue weighted by Crippen LogP contribution is 2.24. The number of aliphatic hydroxyl groups excluding tert-OH is 1. The highest BCUT2D eigenvalue weighted by atomic mass is 32.1. The molecular weight excluding hydrogens is 300 g/mol. The molecule has 2 N–H and O–H groups in total. The summed E-state index contributed by atoms with van der Waals surface area (Å²) in [6.45, 7) is 3.45. The maximum absolute atomic E-state index is 12.2. The lowest BCUT2D eigenvalue weighted by molar-refractivity contribution is -0.134. The first kappa shape index (κ1) is 17.0. The van der Waals surface area contributed by atoms with E-state index >= 15 is 0 Å². The van der Waals surface area contributed by atoms with Gasteiger partial charge < -0.3 is 15.3 Å². The first-order valence-electron chi connectivity index (χ1n) is 7.87. The second kappa shape index (κ2) is 8.29. The van der Waals surface area contributed by atoms with Crippen LogP contribution in [-0.2, 0) is 22.6 Å². The average Bonchev–Trinajstić information content (AvgIpc) is 2.99. The Bertz CT molecular complexity index is 515. The number of rotatable bonds is 7. The maximum Gasteiger partial charge on any atom is 0.223 e. The Labute approximate surface area is 135 Å². The summed E-state index contributed by atoms with van der Waals surface area (Å²) in [6, 6.07) is 2.07. The molecular formula is C16H24N2O3S. The fourth-order valence-electron chi connectivity index (χ4n) is 2.67. The van der Waals surface area contributed by atoms with Crippen LogP contribution in [0.5, 0.6) is 0 Å². The summed E-state index contributed by atoms with van der Waals surface area (Å²) in [5.41, 5.74) is 1.24. The number of hydrogen-bond donors (Lipinski definition) is 2. The Morgan fingerprint density at radius 1 is 1.45 bits per heavy atom. The molecule has 22 heavy (non-hydrogen) atoms. The van der Waals surface area contributed by atoms with Crippen molar-refractivity contribution in [1.29, 1.82) is 0 Å². The number of nitrogens with zero attached hydrogens (tertiary/aromatic N) is 1. The van der Waals surface area contributed by atoms with Crippen LogP contribution in [0, 0.1) is 0 Å². The minimum Gasteiger partial charge on any atom is -0.396 e. The lowest BCUT2D eigenvalue weighted by Crippen LogP contribution is -2.38. The van der Waals surface area contributed by atoms with Gasteiger partial charge in [0.15, 0.2) is 0 Å². The molecule has 5 nitrogen and oxygen atoms in total. The van der Waals surface area contributed by atoms with E-state index in [0.29, 0.717) is 13.0 Å². The number of aliphatic hydroxyl groups is 1. The fourth-order valence-corrected chi connectivity index (χ4v) is 3.56. The van der Waals surface area contributed by atoms with Crippen LogP contribution in [0.25, 0.3) is 0 Å². The van der Waals surface area contributed by atoms with Crippen LogP contribution in [0.15, 0.2) is 11.4 Å². The Hall–Kier alpha value is -1.40. The Kier molecular flexibility index (Phi) is 6.39. The number of nitrogens with one attached hydrogen (secondary N) is 1. The monoisotopic (exact) mass is 324 g/mol. The molecule has 1 aromatic heterocycles. The van der Waals surface area contributed by atoms with E-state index in [0.717, 1.165) is 19.4 Å². The van der Waals surface area contributed by atoms with Crippen molar-refractivity contribution >= 4 is 23.2 Å². The van der Waals surface area contributed by atoms with E-state index in [1.54, 1.807) is 11.3 Å². The number of thiophene rings is 1. The molecule has 1 aliphatic rings. The van der Waals surface area contributed by atoms with E-state index < -0.39 is 0 Å². The standard InChI is InChI=1S/C16H24N2O3S/c1-2-13(6-9-19)17-15(20)3-4-16(21)18-8-5-14-12(11-18)7-10-22-14/h7,10,13,19H,2-6,8-9,11H2,1H3,(H,17,20). The molecule has 2 amide bonds. The SMILES string of the molecule is CCC(CCO)NC(=O)CCC(=O)N1CCc2sccc2C1. The van der Waals surface area contributed by atoms with Gasteiger partial charge in [-0.15, -0.1) is 11.3 Å². The lowest BCUT2D eigenvalue weighted by Gasteiger charge is -2.27. The quantitative estimate of drug-likeness (QED) is 0.802. The molecule has 6 heteroatoms. The molecule has 0 spiro atoms. The van der Waals surface area contributed by atoms with Crippen LogP contribution >= 0.6 is 11.3 Å². The Morgan fingerprint density at radius 2 is 2.27 bits per heavy atom. The average molecular weight is 324 g/mol. The van der Waals surface area contributed by atoms with Gasteiger partial charge in [0.05, 0.1) is 0 Å². The van der Waals surface area contributed by atoms with E-state index in [2.05, 4.69) is 16.8 Å². The maximum atomic E-state index is 12.2. The second-order valence-electron chi connectivity index (χ2n) is 5.62. The Balaban J connectivity index is 1.75. The predicted molar refractivity (Wildman–Crippen MR) is 86.6 cm³/mol. The van der Waals surface area contributed by atoms with Crippen molar-refractivity contribution in [2.45, 2.75) is 51.6 Å². The summed E-state index contributed by atoms with van der Waals surface area (Å²) in [6.07, 6.45) is 2.73. The third-order valence-electron chi connectivity index (χ3n) is 4.06. The second-order valence-corrected chi connectivity index (χ2v) is 6.62. The number of hydrogen-bond acceptors (Lipinski definition) is 4. The van der Waals surface area contributed by atoms with Crippen LogP contribution in [-0.4, -0.2) is 41.0 Å². The van der Waals surface area contributed by atoms with E-state index in [4.69, 9.17) is 5.11 Å². The molecule has 1 aliphatic heterocycles. The predicted octanol–water partition coefficient (Wildman–Crippen LogP) is 1.69. The number of amides is 2. The van der Waals surface area contributed by atoms with Crippen molar-refractivity contribution in [2.24, 2.45) is 0 Å². The molecule has 2 rings (SSSR count). The van der Waals surface area contributed by atoms with Gasteiger partial charge in [0.2, 0.25) is 11.8 Å². The minimum absolute atomic E-state index is 0.00375. The summed E-state index contributed by atoms with van der Waals surface area (Å²) >= 11 is 1.75. The summed E-state index contributed by atoms with van der Waals surface area (Å²) in [7, 11) is 0. The topological polar surface area (TPSA) is 69.6 Å². The van der Waals surface area contributed by atoms with Gasteiger partial charge in [0.25, 0.3) is 0 Å². The van der Waals surface area contributed by atoms with Crippen LogP contribution in [0.3, 0.4) is 0 Å². The highest BCUT2D eigenvalue weighted by Gasteiger charge is 2.22. The highest BCUT2D eigenvalue weighted by molar-refractivity contribution is 7.10. The number of carbonyl (C=O) groups excluding carboxylic acids is 2. The molecule has 0 saturated carbocycles. The summed E-state index contributed by atoms with van der Waals surface area (Å²) in [5.74, 6) is -0.0657. The smallest absolute Gasteiger partial charge is 0.223 e. The molecule has 0 aliphatic carbocycles. The normalized spacial score (nSPS) is 15.3. The summed E-state index contributed by atoms with van der Waals surface area (Å²) < 4.78 is 0. The van der Waals surface area contributed by atoms with Gasteiger partial charge in [-0.05, 0) is 36.3 Å². The zero-order valence-corrected chi connectivity index (χ0v) is 13.8. The molecule has 0 aromatic carbocycles. The van der Waals surface area contributed by atoms with E-state index in [-0.39, 0.29) is 37.3 Å². The Morgan fingerprint density at radius 3 is 3.00 bits per heavy atom. The van der Waals surface area contributed by atoms with Crippen LogP contribution in [0.1, 0.15) is 43.0 Å². The molecule has 1 atom stereocenters. The van der Waals surface area contributed by atoms with Crippen LogP contribution < -0.4 is 5.32 Å². The van der Waals surface area contributed by atoms with Crippen molar-refractivity contribution in [3.05, 3.63) is 21.9 Å². The van der Waals surface area contributed by atoms with Crippen LogP contribution in [0.2, 0.25) is 0 Å². The van der Waals surface area contributed by atoms with Crippen molar-refractivity contribution in [2.75, 3.05) is 13.2 Å². The third-order valence-corrected chi connectivity index (χ3v) is 5.08. The van der Waals surface area contributed by atoms with Crippen molar-refractivity contribution in [1.82, 2.24) is 10.2 Å². The first-order valence-corrected chi connectivity index (χ1v) is 8.75. The van der Waals surface area contributed by atoms with Crippen molar-refractivity contribution in [3.63, 3.8) is 0 Å². The minimum atomic E-state index is -0.109. The molecule has 1 unspecified atom stereocenters. The molecule has 0 saturated heterocycles. The number of fused-ring (bicyclic) bond motifs is 1. The van der Waals surface area contributed by atoms with E-state index in [1.807, 2.05) is 11.8 Å². The van der Waals surface area contributed by atoms with E-state index in [9.17, 15) is 9.59 Å². The van der Waals surface area contributed by atoms with Gasteiger partial charge in [-0.2, -0.15) is 0 Å².